The lowest BCUT2D eigenvalue weighted by molar-refractivity contribution is 0.601. The second kappa shape index (κ2) is 5.98. The van der Waals surface area contributed by atoms with Crippen LogP contribution in [0.3, 0.4) is 0 Å². The van der Waals surface area contributed by atoms with Crippen LogP contribution >= 0.6 is 0 Å². The molecule has 4 rings (SSSR count). The fourth-order valence-electron chi connectivity index (χ4n) is 2.74. The molecule has 0 spiro atoms. The van der Waals surface area contributed by atoms with Gasteiger partial charge >= 0.3 is 0 Å². The van der Waals surface area contributed by atoms with Gasteiger partial charge in [0, 0.05) is 11.0 Å². The van der Waals surface area contributed by atoms with Crippen LogP contribution in [-0.2, 0) is 0 Å². The van der Waals surface area contributed by atoms with Crippen LogP contribution in [-0.4, -0.2) is 0 Å². The van der Waals surface area contributed by atoms with Gasteiger partial charge < -0.3 is 4.42 Å². The van der Waals surface area contributed by atoms with Gasteiger partial charge in [-0.2, -0.15) is 0 Å². The maximum absolute atomic E-state index is 6.09. The number of rotatable bonds is 3. The summed E-state index contributed by atoms with van der Waals surface area (Å²) in [4.78, 5) is 0. The molecular weight excluding hydrogens is 280 g/mol. The normalized spacial score (nSPS) is 11.7. The smallest absolute Gasteiger partial charge is 0.136 e. The molecule has 110 valence electrons. The Morgan fingerprint density at radius 1 is 0.696 bits per heavy atom. The molecule has 0 amide bonds. The van der Waals surface area contributed by atoms with Gasteiger partial charge in [0.1, 0.15) is 11.3 Å². The van der Waals surface area contributed by atoms with Crippen LogP contribution in [0, 0.1) is 0 Å². The molecule has 0 fully saturated rings. The minimum Gasteiger partial charge on any atom is -0.456 e. The van der Waals surface area contributed by atoms with E-state index in [1.807, 2.05) is 42.5 Å². The highest BCUT2D eigenvalue weighted by molar-refractivity contribution is 5.93. The zero-order valence-corrected chi connectivity index (χ0v) is 12.6. The second-order valence-electron chi connectivity index (χ2n) is 5.48. The number of hydrogen-bond donors (Lipinski definition) is 0. The summed E-state index contributed by atoms with van der Waals surface area (Å²) in [6.07, 6.45) is 2.17. The Morgan fingerprint density at radius 3 is 2.09 bits per heavy atom. The summed E-state index contributed by atoms with van der Waals surface area (Å²) in [6, 6.07) is 30.9. The predicted octanol–water partition coefficient (Wildman–Crippen LogP) is 6.02. The van der Waals surface area contributed by atoms with Crippen molar-refractivity contribution in [2.45, 2.75) is 0 Å². The summed E-state index contributed by atoms with van der Waals surface area (Å²) in [6.45, 7) is 0. The van der Waals surface area contributed by atoms with Crippen molar-refractivity contribution in [3.8, 4) is 0 Å². The lowest BCUT2D eigenvalue weighted by Crippen LogP contribution is -1.85. The maximum atomic E-state index is 6.09. The molecule has 0 aliphatic rings. The molecule has 1 aromatic heterocycles. The Kier molecular flexibility index (Phi) is 3.53. The third-order valence-corrected chi connectivity index (χ3v) is 3.89. The molecule has 1 heteroatoms. The van der Waals surface area contributed by atoms with E-state index < -0.39 is 0 Å². The van der Waals surface area contributed by atoms with E-state index in [1.54, 1.807) is 0 Å². The molecule has 0 unspecified atom stereocenters. The average Bonchev–Trinajstić information content (AvgIpc) is 3.05. The molecular formula is C22H16O. The third kappa shape index (κ3) is 2.82. The summed E-state index contributed by atoms with van der Waals surface area (Å²) >= 11 is 0. The standard InChI is InChI=1S/C22H16O/c1-3-9-17(10-4-1)15-20(18-11-5-2-6-12-18)22-16-19-13-7-8-14-21(19)23-22/h1-16H. The van der Waals surface area contributed by atoms with E-state index in [-0.39, 0.29) is 0 Å². The van der Waals surface area contributed by atoms with Gasteiger partial charge in [0.15, 0.2) is 0 Å². The number of hydrogen-bond acceptors (Lipinski definition) is 1. The Labute approximate surface area is 135 Å². The fourth-order valence-corrected chi connectivity index (χ4v) is 2.74. The highest BCUT2D eigenvalue weighted by atomic mass is 16.3. The maximum Gasteiger partial charge on any atom is 0.136 e. The van der Waals surface area contributed by atoms with Gasteiger partial charge in [-0.05, 0) is 29.3 Å². The fraction of sp³-hybridized carbons (Fsp3) is 0. The summed E-state index contributed by atoms with van der Waals surface area (Å²) in [7, 11) is 0. The van der Waals surface area contributed by atoms with Gasteiger partial charge in [0.05, 0.1) is 0 Å². The van der Waals surface area contributed by atoms with Gasteiger partial charge in [-0.3, -0.25) is 0 Å². The van der Waals surface area contributed by atoms with E-state index in [0.29, 0.717) is 0 Å². The average molecular weight is 296 g/mol. The minimum atomic E-state index is 0.890. The molecule has 0 atom stereocenters. The third-order valence-electron chi connectivity index (χ3n) is 3.89. The first-order valence-electron chi connectivity index (χ1n) is 7.71. The Morgan fingerprint density at radius 2 is 1.35 bits per heavy atom. The lowest BCUT2D eigenvalue weighted by atomic mass is 10.0. The predicted molar refractivity (Wildman–Crippen MR) is 96.1 cm³/mol. The highest BCUT2D eigenvalue weighted by Gasteiger charge is 2.11. The van der Waals surface area contributed by atoms with E-state index in [2.05, 4.69) is 54.6 Å². The van der Waals surface area contributed by atoms with E-state index in [4.69, 9.17) is 4.42 Å². The number of benzene rings is 3. The highest BCUT2D eigenvalue weighted by Crippen LogP contribution is 2.30. The van der Waals surface area contributed by atoms with Crippen molar-refractivity contribution >= 4 is 22.6 Å². The van der Waals surface area contributed by atoms with E-state index in [1.165, 1.54) is 0 Å². The summed E-state index contributed by atoms with van der Waals surface area (Å²) in [5.74, 6) is 0.890. The summed E-state index contributed by atoms with van der Waals surface area (Å²) in [5, 5.41) is 1.12. The van der Waals surface area contributed by atoms with Crippen molar-refractivity contribution in [2.75, 3.05) is 0 Å². The van der Waals surface area contributed by atoms with Gasteiger partial charge in [0.25, 0.3) is 0 Å². The van der Waals surface area contributed by atoms with Crippen LogP contribution in [0.15, 0.2) is 95.4 Å². The van der Waals surface area contributed by atoms with Crippen molar-refractivity contribution in [3.63, 3.8) is 0 Å². The lowest BCUT2D eigenvalue weighted by Gasteiger charge is -2.05. The Hall–Kier alpha value is -3.06. The van der Waals surface area contributed by atoms with Crippen LogP contribution in [0.1, 0.15) is 16.9 Å². The van der Waals surface area contributed by atoms with Crippen LogP contribution in [0.4, 0.5) is 0 Å². The second-order valence-corrected chi connectivity index (χ2v) is 5.48. The Bertz CT molecular complexity index is 914. The Balaban J connectivity index is 1.90. The van der Waals surface area contributed by atoms with Crippen molar-refractivity contribution in [3.05, 3.63) is 108 Å². The summed E-state index contributed by atoms with van der Waals surface area (Å²) < 4.78 is 6.09. The van der Waals surface area contributed by atoms with Crippen LogP contribution in [0.25, 0.3) is 22.6 Å². The quantitative estimate of drug-likeness (QED) is 0.421. The van der Waals surface area contributed by atoms with Crippen LogP contribution < -0.4 is 0 Å². The molecule has 0 N–H and O–H groups in total. The van der Waals surface area contributed by atoms with Gasteiger partial charge in [0.2, 0.25) is 0 Å². The molecule has 0 aliphatic carbocycles. The SMILES string of the molecule is C(=C(c1ccccc1)c1cc2ccccc2o1)c1ccccc1. The van der Waals surface area contributed by atoms with Gasteiger partial charge in [-0.25, -0.2) is 0 Å². The zero-order chi connectivity index (χ0) is 15.5. The van der Waals surface area contributed by atoms with Crippen LogP contribution in [0.2, 0.25) is 0 Å². The first-order valence-corrected chi connectivity index (χ1v) is 7.71. The molecule has 0 saturated carbocycles. The topological polar surface area (TPSA) is 13.1 Å². The molecule has 4 aromatic rings. The molecule has 0 radical (unpaired) electrons. The van der Waals surface area contributed by atoms with Crippen molar-refractivity contribution < 1.29 is 4.42 Å². The van der Waals surface area contributed by atoms with E-state index in [9.17, 15) is 0 Å². The molecule has 23 heavy (non-hydrogen) atoms. The van der Waals surface area contributed by atoms with Gasteiger partial charge in [-0.1, -0.05) is 78.9 Å². The molecule has 3 aromatic carbocycles. The van der Waals surface area contributed by atoms with Crippen molar-refractivity contribution in [1.82, 2.24) is 0 Å². The minimum absolute atomic E-state index is 0.890. The monoisotopic (exact) mass is 296 g/mol. The van der Waals surface area contributed by atoms with Crippen molar-refractivity contribution in [1.29, 1.82) is 0 Å². The van der Waals surface area contributed by atoms with Crippen molar-refractivity contribution in [2.24, 2.45) is 0 Å². The van der Waals surface area contributed by atoms with E-state index in [0.717, 1.165) is 33.4 Å². The van der Waals surface area contributed by atoms with Gasteiger partial charge in [-0.15, -0.1) is 0 Å². The molecule has 0 bridgehead atoms. The number of fused-ring (bicyclic) bond motifs is 1. The summed E-state index contributed by atoms with van der Waals surface area (Å²) in [5.41, 5.74) is 4.31. The van der Waals surface area contributed by atoms with Crippen LogP contribution in [0.5, 0.6) is 0 Å². The number of furan rings is 1. The first kappa shape index (κ1) is 13.6. The zero-order valence-electron chi connectivity index (χ0n) is 12.6. The number of para-hydroxylation sites is 1. The van der Waals surface area contributed by atoms with E-state index >= 15 is 0 Å². The molecule has 0 aliphatic heterocycles. The molecule has 0 saturated heterocycles. The first-order chi connectivity index (χ1) is 11.4. The molecule has 1 nitrogen and oxygen atoms in total. The molecule has 1 heterocycles. The largest absolute Gasteiger partial charge is 0.456 e.